The molecule has 39 heavy (non-hydrogen) atoms. The van der Waals surface area contributed by atoms with E-state index in [0.29, 0.717) is 46.1 Å². The molecule has 1 aliphatic rings. The highest BCUT2D eigenvalue weighted by Gasteiger charge is 2.31. The Morgan fingerprint density at radius 1 is 1.15 bits per heavy atom. The number of aromatic nitrogens is 1. The molecule has 0 bridgehead atoms. The number of hydrogen-bond donors (Lipinski definition) is 1. The van der Waals surface area contributed by atoms with Crippen LogP contribution >= 0.6 is 22.9 Å². The van der Waals surface area contributed by atoms with Crippen molar-refractivity contribution >= 4 is 50.2 Å². The van der Waals surface area contributed by atoms with Gasteiger partial charge in [-0.15, -0.1) is 0 Å². The maximum Gasteiger partial charge on any atom is 0.416 e. The van der Waals surface area contributed by atoms with Crippen molar-refractivity contribution in [1.82, 2.24) is 4.98 Å². The van der Waals surface area contributed by atoms with Crippen molar-refractivity contribution in [3.05, 3.63) is 76.3 Å². The van der Waals surface area contributed by atoms with Crippen molar-refractivity contribution < 1.29 is 37.0 Å². The van der Waals surface area contributed by atoms with E-state index in [2.05, 4.69) is 10.3 Å². The average Bonchev–Trinajstić information content (AvgIpc) is 3.30. The molecule has 202 valence electrons. The second-order valence-corrected chi connectivity index (χ2v) is 9.98. The zero-order valence-electron chi connectivity index (χ0n) is 20.3. The van der Waals surface area contributed by atoms with Crippen LogP contribution in [0.3, 0.4) is 0 Å². The molecule has 0 saturated heterocycles. The van der Waals surface area contributed by atoms with Gasteiger partial charge in [0.05, 0.1) is 39.9 Å². The summed E-state index contributed by atoms with van der Waals surface area (Å²) < 4.78 is 56.0. The molecule has 1 aliphatic heterocycles. The van der Waals surface area contributed by atoms with E-state index < -0.39 is 23.6 Å². The monoisotopic (exact) mass is 576 g/mol. The Morgan fingerprint density at radius 3 is 2.64 bits per heavy atom. The van der Waals surface area contributed by atoms with Crippen LogP contribution < -0.4 is 14.8 Å². The zero-order chi connectivity index (χ0) is 27.7. The van der Waals surface area contributed by atoms with Gasteiger partial charge in [0.1, 0.15) is 17.2 Å². The number of benzene rings is 3. The van der Waals surface area contributed by atoms with Gasteiger partial charge in [0, 0.05) is 17.2 Å². The molecule has 0 radical (unpaired) electrons. The van der Waals surface area contributed by atoms with Crippen LogP contribution in [0.4, 0.5) is 18.3 Å². The lowest BCUT2D eigenvalue weighted by atomic mass is 9.93. The first-order valence-electron chi connectivity index (χ1n) is 11.8. The molecule has 5 rings (SSSR count). The number of nitrogens with zero attached hydrogens (tertiary/aromatic N) is 1. The molecule has 12 heteroatoms. The summed E-state index contributed by atoms with van der Waals surface area (Å²) in [6.07, 6.45) is -3.98. The maximum atomic E-state index is 13.0. The molecular weight excluding hydrogens is 557 g/mol. The quantitative estimate of drug-likeness (QED) is 0.240. The molecular formula is C27H20ClF3N2O5S. The summed E-state index contributed by atoms with van der Waals surface area (Å²) in [5.41, 5.74) is 0.492. The smallest absolute Gasteiger partial charge is 0.416 e. The number of carbonyl (C=O) groups is 2. The average molecular weight is 577 g/mol. The molecule has 0 aliphatic carbocycles. The Hall–Kier alpha value is -3.83. The fraction of sp³-hybridized carbons (Fsp3) is 0.222. The standard InChI is InChI=1S/C27H20ClF3N2O5S/c1-2-36-25(35)17-9-10-37-21-13-22(19(28)12-18(17)21)38-16-6-3-14(4-7-16)24(34)33-26-32-20-8-5-15(27(29,30)31)11-23(20)39-26/h3-8,11-13,17H,2,9-10H2,1H3,(H,32,33,34). The topological polar surface area (TPSA) is 86.8 Å². The van der Waals surface area contributed by atoms with Crippen LogP contribution in [0.15, 0.2) is 54.6 Å². The first kappa shape index (κ1) is 26.8. The number of amides is 1. The fourth-order valence-electron chi connectivity index (χ4n) is 4.08. The molecule has 1 amide bonds. The number of rotatable bonds is 6. The second kappa shape index (κ2) is 10.7. The number of halogens is 4. The molecule has 4 aromatic rings. The fourth-order valence-corrected chi connectivity index (χ4v) is 5.19. The predicted molar refractivity (Wildman–Crippen MR) is 140 cm³/mol. The van der Waals surface area contributed by atoms with E-state index in [0.717, 1.165) is 23.5 Å². The molecule has 1 N–H and O–H groups in total. The van der Waals surface area contributed by atoms with Crippen LogP contribution in [0, 0.1) is 0 Å². The normalized spacial score (nSPS) is 14.8. The molecule has 1 unspecified atom stereocenters. The van der Waals surface area contributed by atoms with Crippen molar-refractivity contribution in [2.75, 3.05) is 18.5 Å². The minimum Gasteiger partial charge on any atom is -0.493 e. The predicted octanol–water partition coefficient (Wildman–Crippen LogP) is 7.44. The molecule has 3 aromatic carbocycles. The van der Waals surface area contributed by atoms with E-state index in [1.54, 1.807) is 31.2 Å². The largest absolute Gasteiger partial charge is 0.493 e. The van der Waals surface area contributed by atoms with Gasteiger partial charge in [-0.2, -0.15) is 13.2 Å². The molecule has 7 nitrogen and oxygen atoms in total. The van der Waals surface area contributed by atoms with Gasteiger partial charge in [-0.25, -0.2) is 4.98 Å². The lowest BCUT2D eigenvalue weighted by Crippen LogP contribution is -2.23. The van der Waals surface area contributed by atoms with E-state index in [1.165, 1.54) is 18.2 Å². The Kier molecular flexibility index (Phi) is 7.37. The first-order valence-corrected chi connectivity index (χ1v) is 13.0. The van der Waals surface area contributed by atoms with Crippen LogP contribution in [0.1, 0.15) is 40.7 Å². The molecule has 0 spiro atoms. The number of ether oxygens (including phenoxy) is 3. The minimum atomic E-state index is -4.47. The van der Waals surface area contributed by atoms with Gasteiger partial charge in [0.15, 0.2) is 5.13 Å². The highest BCUT2D eigenvalue weighted by atomic mass is 35.5. The van der Waals surface area contributed by atoms with Crippen molar-refractivity contribution in [2.45, 2.75) is 25.4 Å². The van der Waals surface area contributed by atoms with Crippen LogP contribution in [0.25, 0.3) is 10.2 Å². The van der Waals surface area contributed by atoms with Gasteiger partial charge in [-0.1, -0.05) is 22.9 Å². The number of thiazole rings is 1. The Morgan fingerprint density at radius 2 is 1.92 bits per heavy atom. The number of nitrogens with one attached hydrogen (secondary N) is 1. The molecule has 0 fully saturated rings. The van der Waals surface area contributed by atoms with Crippen LogP contribution in [-0.2, 0) is 15.7 Å². The minimum absolute atomic E-state index is 0.177. The van der Waals surface area contributed by atoms with Crippen molar-refractivity contribution in [3.63, 3.8) is 0 Å². The van der Waals surface area contributed by atoms with Crippen molar-refractivity contribution in [2.24, 2.45) is 0 Å². The third kappa shape index (κ3) is 5.79. The van der Waals surface area contributed by atoms with Gasteiger partial charge in [-0.3, -0.25) is 14.9 Å². The number of esters is 1. The highest BCUT2D eigenvalue weighted by molar-refractivity contribution is 7.22. The molecule has 1 atom stereocenters. The SMILES string of the molecule is CCOC(=O)C1CCOc2cc(Oc3ccc(C(=O)Nc4nc5ccc(C(F)(F)F)cc5s4)cc3)c(Cl)cc21. The second-order valence-electron chi connectivity index (χ2n) is 8.54. The van der Waals surface area contributed by atoms with Crippen LogP contribution in [0.2, 0.25) is 5.02 Å². The first-order chi connectivity index (χ1) is 18.6. The highest BCUT2D eigenvalue weighted by Crippen LogP contribution is 2.42. The maximum absolute atomic E-state index is 13.0. The third-order valence-corrected chi connectivity index (χ3v) is 7.18. The Balaban J connectivity index is 1.28. The van der Waals surface area contributed by atoms with Crippen molar-refractivity contribution in [3.8, 4) is 17.2 Å². The summed E-state index contributed by atoms with van der Waals surface area (Å²) in [5, 5.41) is 3.07. The third-order valence-electron chi connectivity index (χ3n) is 5.96. The summed E-state index contributed by atoms with van der Waals surface area (Å²) in [5.74, 6) is -0.108. The summed E-state index contributed by atoms with van der Waals surface area (Å²) in [6, 6.07) is 12.7. The number of fused-ring (bicyclic) bond motifs is 2. The van der Waals surface area contributed by atoms with Gasteiger partial charge >= 0.3 is 12.1 Å². The number of carbonyl (C=O) groups excluding carboxylic acids is 2. The molecule has 2 heterocycles. The summed E-state index contributed by atoms with van der Waals surface area (Å²) in [6.45, 7) is 2.37. The van der Waals surface area contributed by atoms with Gasteiger partial charge in [0.2, 0.25) is 0 Å². The number of anilines is 1. The van der Waals surface area contributed by atoms with Crippen LogP contribution in [0.5, 0.6) is 17.2 Å². The molecule has 1 aromatic heterocycles. The van der Waals surface area contributed by atoms with E-state index >= 15 is 0 Å². The van der Waals surface area contributed by atoms with E-state index in [4.69, 9.17) is 25.8 Å². The van der Waals surface area contributed by atoms with Gasteiger partial charge in [-0.05, 0) is 61.9 Å². The lowest BCUT2D eigenvalue weighted by Gasteiger charge is -2.25. The van der Waals surface area contributed by atoms with E-state index in [9.17, 15) is 22.8 Å². The van der Waals surface area contributed by atoms with Crippen LogP contribution in [-0.4, -0.2) is 30.1 Å². The zero-order valence-corrected chi connectivity index (χ0v) is 21.9. The summed E-state index contributed by atoms with van der Waals surface area (Å²) >= 11 is 7.38. The van der Waals surface area contributed by atoms with Gasteiger partial charge < -0.3 is 14.2 Å². The lowest BCUT2D eigenvalue weighted by molar-refractivity contribution is -0.145. The summed E-state index contributed by atoms with van der Waals surface area (Å²) in [4.78, 5) is 29.2. The Bertz CT molecular complexity index is 1560. The number of alkyl halides is 3. The van der Waals surface area contributed by atoms with Crippen molar-refractivity contribution in [1.29, 1.82) is 0 Å². The van der Waals surface area contributed by atoms with E-state index in [-0.39, 0.29) is 28.3 Å². The van der Waals surface area contributed by atoms with Gasteiger partial charge in [0.25, 0.3) is 5.91 Å². The van der Waals surface area contributed by atoms with E-state index in [1.807, 2.05) is 0 Å². The Labute approximate surface area is 229 Å². The number of hydrogen-bond acceptors (Lipinski definition) is 7. The molecule has 0 saturated carbocycles. The summed E-state index contributed by atoms with van der Waals surface area (Å²) in [7, 11) is 0.